The number of likely N-dealkylation sites (tertiary alicyclic amines) is 1. The summed E-state index contributed by atoms with van der Waals surface area (Å²) in [5.74, 6) is -0.355. The summed E-state index contributed by atoms with van der Waals surface area (Å²) in [6.45, 7) is 2.80. The maximum absolute atomic E-state index is 12.7. The molecule has 2 N–H and O–H groups in total. The molecule has 142 valence electrons. The van der Waals surface area contributed by atoms with Crippen molar-refractivity contribution in [3.8, 4) is 0 Å². The second kappa shape index (κ2) is 7.79. The van der Waals surface area contributed by atoms with Crippen molar-refractivity contribution in [2.75, 3.05) is 23.1 Å². The van der Waals surface area contributed by atoms with Crippen molar-refractivity contribution in [1.29, 1.82) is 0 Å². The molecule has 1 fully saturated rings. The molecule has 0 atom stereocenters. The fraction of sp³-hybridized carbons (Fsp3) is 0.263. The second-order valence-corrected chi connectivity index (χ2v) is 8.07. The number of nitrogens with zero attached hydrogens (tertiary/aromatic N) is 1. The van der Waals surface area contributed by atoms with Gasteiger partial charge >= 0.3 is 0 Å². The van der Waals surface area contributed by atoms with Crippen LogP contribution in [0.25, 0.3) is 0 Å². The van der Waals surface area contributed by atoms with E-state index in [9.17, 15) is 18.0 Å². The number of amides is 2. The van der Waals surface area contributed by atoms with Crippen LogP contribution in [0.1, 0.15) is 30.1 Å². The van der Waals surface area contributed by atoms with Gasteiger partial charge in [0.2, 0.25) is 5.91 Å². The Morgan fingerprint density at radius 2 is 1.59 bits per heavy atom. The van der Waals surface area contributed by atoms with Gasteiger partial charge in [-0.05, 0) is 55.3 Å². The Morgan fingerprint density at radius 1 is 0.963 bits per heavy atom. The second-order valence-electron chi connectivity index (χ2n) is 6.39. The van der Waals surface area contributed by atoms with Gasteiger partial charge in [0, 0.05) is 37.0 Å². The van der Waals surface area contributed by atoms with E-state index in [4.69, 9.17) is 0 Å². The zero-order chi connectivity index (χ0) is 19.4. The molecule has 0 radical (unpaired) electrons. The highest BCUT2D eigenvalue weighted by Gasteiger charge is 2.22. The van der Waals surface area contributed by atoms with Crippen LogP contribution in [0.4, 0.5) is 11.4 Å². The van der Waals surface area contributed by atoms with Crippen molar-refractivity contribution < 1.29 is 18.0 Å². The SMILES string of the molecule is CC(=O)Nc1ccc(NS(=O)(=O)c2cccc(C(=O)N3CCCC3)c2)cc1. The van der Waals surface area contributed by atoms with E-state index >= 15 is 0 Å². The molecule has 1 heterocycles. The van der Waals surface area contributed by atoms with E-state index in [1.54, 1.807) is 41.3 Å². The van der Waals surface area contributed by atoms with Crippen LogP contribution in [0.5, 0.6) is 0 Å². The molecule has 0 spiro atoms. The van der Waals surface area contributed by atoms with Gasteiger partial charge in [-0.1, -0.05) is 6.07 Å². The van der Waals surface area contributed by atoms with Crippen molar-refractivity contribution in [2.24, 2.45) is 0 Å². The number of nitrogens with one attached hydrogen (secondary N) is 2. The maximum Gasteiger partial charge on any atom is 0.261 e. The molecular weight excluding hydrogens is 366 g/mol. The highest BCUT2D eigenvalue weighted by molar-refractivity contribution is 7.92. The lowest BCUT2D eigenvalue weighted by Crippen LogP contribution is -2.27. The van der Waals surface area contributed by atoms with Crippen LogP contribution in [0.3, 0.4) is 0 Å². The summed E-state index contributed by atoms with van der Waals surface area (Å²) in [7, 11) is -3.84. The molecule has 2 amide bonds. The third kappa shape index (κ3) is 4.65. The maximum atomic E-state index is 12.7. The first kappa shape index (κ1) is 18.9. The minimum atomic E-state index is -3.84. The lowest BCUT2D eigenvalue weighted by molar-refractivity contribution is -0.114. The first-order valence-corrected chi connectivity index (χ1v) is 10.1. The number of sulfonamides is 1. The van der Waals surface area contributed by atoms with Gasteiger partial charge in [0.05, 0.1) is 4.90 Å². The number of benzene rings is 2. The van der Waals surface area contributed by atoms with Crippen LogP contribution in [0.2, 0.25) is 0 Å². The van der Waals surface area contributed by atoms with Crippen LogP contribution < -0.4 is 10.0 Å². The largest absolute Gasteiger partial charge is 0.339 e. The van der Waals surface area contributed by atoms with Gasteiger partial charge in [0.1, 0.15) is 0 Å². The van der Waals surface area contributed by atoms with E-state index in [-0.39, 0.29) is 16.7 Å². The van der Waals surface area contributed by atoms with E-state index in [1.807, 2.05) is 0 Å². The number of rotatable bonds is 5. The molecule has 0 aliphatic carbocycles. The lowest BCUT2D eigenvalue weighted by Gasteiger charge is -2.16. The zero-order valence-corrected chi connectivity index (χ0v) is 15.8. The molecule has 0 aromatic heterocycles. The molecule has 8 heteroatoms. The summed E-state index contributed by atoms with van der Waals surface area (Å²) in [5, 5.41) is 2.61. The van der Waals surface area contributed by atoms with Gasteiger partial charge in [-0.2, -0.15) is 0 Å². The molecule has 0 saturated carbocycles. The van der Waals surface area contributed by atoms with Crippen LogP contribution in [0, 0.1) is 0 Å². The number of anilines is 2. The molecule has 7 nitrogen and oxygen atoms in total. The Balaban J connectivity index is 1.77. The van der Waals surface area contributed by atoms with Crippen LogP contribution in [-0.2, 0) is 14.8 Å². The summed E-state index contributed by atoms with van der Waals surface area (Å²) in [5.41, 5.74) is 1.30. The van der Waals surface area contributed by atoms with Crippen molar-refractivity contribution in [3.63, 3.8) is 0 Å². The van der Waals surface area contributed by atoms with E-state index in [0.717, 1.165) is 12.8 Å². The predicted octanol–water partition coefficient (Wildman–Crippen LogP) is 2.68. The normalized spacial score (nSPS) is 14.0. The average Bonchev–Trinajstić information content (AvgIpc) is 3.17. The minimum Gasteiger partial charge on any atom is -0.339 e. The summed E-state index contributed by atoms with van der Waals surface area (Å²) >= 11 is 0. The van der Waals surface area contributed by atoms with Gasteiger partial charge < -0.3 is 10.2 Å². The Hall–Kier alpha value is -2.87. The van der Waals surface area contributed by atoms with Gasteiger partial charge in [-0.15, -0.1) is 0 Å². The first-order valence-electron chi connectivity index (χ1n) is 8.65. The number of hydrogen-bond acceptors (Lipinski definition) is 4. The van der Waals surface area contributed by atoms with E-state index < -0.39 is 10.0 Å². The van der Waals surface area contributed by atoms with E-state index in [0.29, 0.717) is 30.0 Å². The minimum absolute atomic E-state index is 0.0264. The molecule has 0 unspecified atom stereocenters. The monoisotopic (exact) mass is 387 g/mol. The third-order valence-corrected chi connectivity index (χ3v) is 5.62. The van der Waals surface area contributed by atoms with Gasteiger partial charge in [-0.25, -0.2) is 8.42 Å². The van der Waals surface area contributed by atoms with Crippen molar-refractivity contribution in [2.45, 2.75) is 24.7 Å². The Kier molecular flexibility index (Phi) is 5.46. The number of carbonyl (C=O) groups is 2. The molecule has 3 rings (SSSR count). The zero-order valence-electron chi connectivity index (χ0n) is 14.9. The molecule has 0 bridgehead atoms. The summed E-state index contributed by atoms with van der Waals surface area (Å²) < 4.78 is 27.8. The Morgan fingerprint density at radius 3 is 2.22 bits per heavy atom. The average molecular weight is 387 g/mol. The molecule has 2 aromatic carbocycles. The molecule has 1 aliphatic heterocycles. The van der Waals surface area contributed by atoms with Gasteiger partial charge in [0.25, 0.3) is 15.9 Å². The number of hydrogen-bond donors (Lipinski definition) is 2. The highest BCUT2D eigenvalue weighted by Crippen LogP contribution is 2.20. The highest BCUT2D eigenvalue weighted by atomic mass is 32.2. The Labute approximate surface area is 158 Å². The van der Waals surface area contributed by atoms with Crippen LogP contribution in [0.15, 0.2) is 53.4 Å². The quantitative estimate of drug-likeness (QED) is 0.824. The van der Waals surface area contributed by atoms with Crippen molar-refractivity contribution in [1.82, 2.24) is 4.90 Å². The Bertz CT molecular complexity index is 949. The smallest absolute Gasteiger partial charge is 0.261 e. The summed E-state index contributed by atoms with van der Waals surface area (Å²) in [6.07, 6.45) is 1.94. The topological polar surface area (TPSA) is 95.6 Å². The summed E-state index contributed by atoms with van der Waals surface area (Å²) in [4.78, 5) is 25.3. The van der Waals surface area contributed by atoms with E-state index in [1.165, 1.54) is 19.1 Å². The fourth-order valence-electron chi connectivity index (χ4n) is 2.94. The molecule has 1 saturated heterocycles. The predicted molar refractivity (Wildman–Crippen MR) is 103 cm³/mol. The first-order chi connectivity index (χ1) is 12.8. The van der Waals surface area contributed by atoms with Crippen LogP contribution in [-0.4, -0.2) is 38.2 Å². The number of carbonyl (C=O) groups excluding carboxylic acids is 2. The fourth-order valence-corrected chi connectivity index (χ4v) is 4.04. The van der Waals surface area contributed by atoms with Gasteiger partial charge in [-0.3, -0.25) is 14.3 Å². The van der Waals surface area contributed by atoms with E-state index in [2.05, 4.69) is 10.0 Å². The standard InChI is InChI=1S/C19H21N3O4S/c1-14(23)20-16-7-9-17(10-8-16)21-27(25,26)18-6-4-5-15(13-18)19(24)22-11-2-3-12-22/h4-10,13,21H,2-3,11-12H2,1H3,(H,20,23). The molecular formula is C19H21N3O4S. The van der Waals surface area contributed by atoms with Crippen molar-refractivity contribution >= 4 is 33.2 Å². The molecule has 1 aliphatic rings. The van der Waals surface area contributed by atoms with Crippen LogP contribution >= 0.6 is 0 Å². The molecule has 2 aromatic rings. The third-order valence-electron chi connectivity index (χ3n) is 4.24. The van der Waals surface area contributed by atoms with Gasteiger partial charge in [0.15, 0.2) is 0 Å². The lowest BCUT2D eigenvalue weighted by atomic mass is 10.2. The molecule has 27 heavy (non-hydrogen) atoms. The van der Waals surface area contributed by atoms with Crippen molar-refractivity contribution in [3.05, 3.63) is 54.1 Å². The summed E-state index contributed by atoms with van der Waals surface area (Å²) in [6, 6.07) is 12.4.